The molecule has 0 saturated heterocycles. The van der Waals surface area contributed by atoms with Gasteiger partial charge in [-0.05, 0) is 39.7 Å². The van der Waals surface area contributed by atoms with Gasteiger partial charge in [0.05, 0.1) is 6.54 Å². The van der Waals surface area contributed by atoms with Crippen LogP contribution in [0, 0.1) is 5.92 Å². The molecule has 0 bridgehead atoms. The van der Waals surface area contributed by atoms with Gasteiger partial charge in [-0.2, -0.15) is 0 Å². The molecule has 0 heterocycles. The summed E-state index contributed by atoms with van der Waals surface area (Å²) in [5.74, 6) is 0.154. The van der Waals surface area contributed by atoms with E-state index in [9.17, 15) is 9.59 Å². The second kappa shape index (κ2) is 5.85. The van der Waals surface area contributed by atoms with Gasteiger partial charge in [0.1, 0.15) is 5.78 Å². The number of Topliss-reactive ketones (excluding diaryl/α,β-unsaturated/α-hetero) is 1. The Labute approximate surface area is 90.8 Å². The molecule has 1 rings (SSSR count). The zero-order valence-corrected chi connectivity index (χ0v) is 9.51. The number of ketones is 1. The molecule has 0 aromatic heterocycles. The molecule has 0 aromatic carbocycles. The third-order valence-corrected chi connectivity index (χ3v) is 3.02. The van der Waals surface area contributed by atoms with Gasteiger partial charge in [0, 0.05) is 12.0 Å². The third kappa shape index (κ3) is 4.00. The van der Waals surface area contributed by atoms with Gasteiger partial charge in [0.15, 0.2) is 0 Å². The molecule has 15 heavy (non-hydrogen) atoms. The summed E-state index contributed by atoms with van der Waals surface area (Å²) in [5, 5.41) is 5.90. The van der Waals surface area contributed by atoms with E-state index in [2.05, 4.69) is 10.6 Å². The SMILES string of the molecule is CNC1CCC(C(=O)NCC(C)=O)CC1. The van der Waals surface area contributed by atoms with Crippen molar-refractivity contribution in [1.29, 1.82) is 0 Å². The molecule has 1 amide bonds. The Balaban J connectivity index is 2.27. The molecule has 2 N–H and O–H groups in total. The Bertz CT molecular complexity index is 233. The second-order valence-electron chi connectivity index (χ2n) is 4.26. The number of hydrogen-bond acceptors (Lipinski definition) is 3. The predicted octanol–water partition coefficient (Wildman–Crippen LogP) is 0.470. The quantitative estimate of drug-likeness (QED) is 0.712. The minimum atomic E-state index is 0.00672. The Kier molecular flexibility index (Phi) is 4.75. The molecule has 0 aromatic rings. The Morgan fingerprint density at radius 1 is 1.20 bits per heavy atom. The van der Waals surface area contributed by atoms with Crippen molar-refractivity contribution in [2.24, 2.45) is 5.92 Å². The lowest BCUT2D eigenvalue weighted by Crippen LogP contribution is -2.38. The lowest BCUT2D eigenvalue weighted by Gasteiger charge is -2.27. The van der Waals surface area contributed by atoms with Crippen LogP contribution in [-0.2, 0) is 9.59 Å². The fourth-order valence-corrected chi connectivity index (χ4v) is 2.00. The largest absolute Gasteiger partial charge is 0.349 e. The van der Waals surface area contributed by atoms with Crippen molar-refractivity contribution < 1.29 is 9.59 Å². The van der Waals surface area contributed by atoms with Gasteiger partial charge in [0.25, 0.3) is 0 Å². The summed E-state index contributed by atoms with van der Waals surface area (Å²) in [6.07, 6.45) is 3.95. The Morgan fingerprint density at radius 2 is 1.80 bits per heavy atom. The van der Waals surface area contributed by atoms with E-state index in [0.717, 1.165) is 25.7 Å². The standard InChI is InChI=1S/C11H20N2O2/c1-8(14)7-13-11(15)9-3-5-10(12-2)6-4-9/h9-10,12H,3-7H2,1-2H3,(H,13,15). The van der Waals surface area contributed by atoms with Crippen molar-refractivity contribution >= 4 is 11.7 Å². The third-order valence-electron chi connectivity index (χ3n) is 3.02. The van der Waals surface area contributed by atoms with Gasteiger partial charge < -0.3 is 10.6 Å². The van der Waals surface area contributed by atoms with Gasteiger partial charge in [-0.1, -0.05) is 0 Å². The van der Waals surface area contributed by atoms with Gasteiger partial charge in [-0.15, -0.1) is 0 Å². The topological polar surface area (TPSA) is 58.2 Å². The maximum Gasteiger partial charge on any atom is 0.223 e. The summed E-state index contributed by atoms with van der Waals surface area (Å²) in [7, 11) is 1.96. The molecule has 86 valence electrons. The van der Waals surface area contributed by atoms with Crippen LogP contribution in [-0.4, -0.2) is 31.3 Å². The summed E-state index contributed by atoms with van der Waals surface area (Å²) in [6, 6.07) is 0.557. The van der Waals surface area contributed by atoms with Crippen molar-refractivity contribution in [3.63, 3.8) is 0 Å². The van der Waals surface area contributed by atoms with Gasteiger partial charge in [-0.25, -0.2) is 0 Å². The minimum Gasteiger partial charge on any atom is -0.349 e. The molecule has 4 heteroatoms. The number of rotatable bonds is 4. The highest BCUT2D eigenvalue weighted by Gasteiger charge is 2.25. The van der Waals surface area contributed by atoms with Gasteiger partial charge >= 0.3 is 0 Å². The maximum absolute atomic E-state index is 11.6. The van der Waals surface area contributed by atoms with Crippen molar-refractivity contribution in [2.45, 2.75) is 38.6 Å². The van der Waals surface area contributed by atoms with Crippen LogP contribution in [0.4, 0.5) is 0 Å². The van der Waals surface area contributed by atoms with E-state index in [0.29, 0.717) is 6.04 Å². The fourth-order valence-electron chi connectivity index (χ4n) is 2.00. The van der Waals surface area contributed by atoms with Crippen molar-refractivity contribution in [2.75, 3.05) is 13.6 Å². The highest BCUT2D eigenvalue weighted by Crippen LogP contribution is 2.23. The van der Waals surface area contributed by atoms with Crippen LogP contribution in [0.25, 0.3) is 0 Å². The molecule has 1 fully saturated rings. The molecule has 1 aliphatic rings. The average molecular weight is 212 g/mol. The lowest BCUT2D eigenvalue weighted by molar-refractivity contribution is -0.128. The van der Waals surface area contributed by atoms with Crippen LogP contribution in [0.15, 0.2) is 0 Å². The van der Waals surface area contributed by atoms with Gasteiger partial charge in [0.2, 0.25) is 5.91 Å². The van der Waals surface area contributed by atoms with E-state index in [1.54, 1.807) is 0 Å². The number of carbonyl (C=O) groups is 2. The minimum absolute atomic E-state index is 0.00672. The first-order chi connectivity index (χ1) is 7.13. The van der Waals surface area contributed by atoms with E-state index in [-0.39, 0.29) is 24.2 Å². The molecule has 1 saturated carbocycles. The van der Waals surface area contributed by atoms with Crippen LogP contribution in [0.1, 0.15) is 32.6 Å². The van der Waals surface area contributed by atoms with Crippen LogP contribution in [0.2, 0.25) is 0 Å². The molecule has 1 aliphatic carbocycles. The first-order valence-electron chi connectivity index (χ1n) is 5.58. The van der Waals surface area contributed by atoms with Crippen molar-refractivity contribution in [3.8, 4) is 0 Å². The fraction of sp³-hybridized carbons (Fsp3) is 0.818. The number of hydrogen-bond donors (Lipinski definition) is 2. The molecule has 0 spiro atoms. The van der Waals surface area contributed by atoms with Crippen LogP contribution >= 0.6 is 0 Å². The molecule has 0 atom stereocenters. The number of amides is 1. The predicted molar refractivity (Wildman–Crippen MR) is 58.5 cm³/mol. The van der Waals surface area contributed by atoms with E-state index in [1.807, 2.05) is 7.05 Å². The average Bonchev–Trinajstić information content (AvgIpc) is 2.26. The van der Waals surface area contributed by atoms with Crippen molar-refractivity contribution in [3.05, 3.63) is 0 Å². The monoisotopic (exact) mass is 212 g/mol. The molecular weight excluding hydrogens is 192 g/mol. The summed E-state index contributed by atoms with van der Waals surface area (Å²) in [6.45, 7) is 1.66. The van der Waals surface area contributed by atoms with Gasteiger partial charge in [-0.3, -0.25) is 9.59 Å². The van der Waals surface area contributed by atoms with E-state index in [1.165, 1.54) is 6.92 Å². The molecule has 0 aliphatic heterocycles. The van der Waals surface area contributed by atoms with Crippen LogP contribution < -0.4 is 10.6 Å². The van der Waals surface area contributed by atoms with E-state index in [4.69, 9.17) is 0 Å². The highest BCUT2D eigenvalue weighted by molar-refractivity contribution is 5.85. The van der Waals surface area contributed by atoms with Crippen LogP contribution in [0.3, 0.4) is 0 Å². The maximum atomic E-state index is 11.6. The summed E-state index contributed by atoms with van der Waals surface area (Å²) in [5.41, 5.74) is 0. The Hall–Kier alpha value is -0.900. The van der Waals surface area contributed by atoms with Crippen LogP contribution in [0.5, 0.6) is 0 Å². The summed E-state index contributed by atoms with van der Waals surface area (Å²) in [4.78, 5) is 22.3. The van der Waals surface area contributed by atoms with Crippen molar-refractivity contribution in [1.82, 2.24) is 10.6 Å². The Morgan fingerprint density at radius 3 is 2.27 bits per heavy atom. The van der Waals surface area contributed by atoms with E-state index < -0.39 is 0 Å². The molecule has 0 unspecified atom stereocenters. The normalized spacial score (nSPS) is 26.0. The molecule has 4 nitrogen and oxygen atoms in total. The number of nitrogens with one attached hydrogen (secondary N) is 2. The lowest BCUT2D eigenvalue weighted by atomic mass is 9.85. The summed E-state index contributed by atoms with van der Waals surface area (Å²) < 4.78 is 0. The zero-order chi connectivity index (χ0) is 11.3. The zero-order valence-electron chi connectivity index (χ0n) is 9.51. The number of carbonyl (C=O) groups excluding carboxylic acids is 2. The van der Waals surface area contributed by atoms with E-state index >= 15 is 0 Å². The summed E-state index contributed by atoms with van der Waals surface area (Å²) >= 11 is 0. The molecular formula is C11H20N2O2. The molecule has 0 radical (unpaired) electrons. The highest BCUT2D eigenvalue weighted by atomic mass is 16.2. The first kappa shape index (κ1) is 12.2. The first-order valence-corrected chi connectivity index (χ1v) is 5.58. The second-order valence-corrected chi connectivity index (χ2v) is 4.26. The smallest absolute Gasteiger partial charge is 0.223 e.